The summed E-state index contributed by atoms with van der Waals surface area (Å²) in [4.78, 5) is 19.0. The Morgan fingerprint density at radius 1 is 1.29 bits per heavy atom. The average molecular weight is 329 g/mol. The third-order valence-corrected chi connectivity index (χ3v) is 5.30. The molecule has 0 spiro atoms. The Kier molecular flexibility index (Phi) is 3.84. The minimum Gasteiger partial charge on any atom is -0.432 e. The van der Waals surface area contributed by atoms with Gasteiger partial charge in [-0.2, -0.15) is 0 Å². The summed E-state index contributed by atoms with van der Waals surface area (Å²) in [5, 5.41) is 3.09. The van der Waals surface area contributed by atoms with Gasteiger partial charge < -0.3 is 9.73 Å². The van der Waals surface area contributed by atoms with Crippen LogP contribution in [0.2, 0.25) is 0 Å². The highest BCUT2D eigenvalue weighted by Crippen LogP contribution is 2.32. The van der Waals surface area contributed by atoms with Gasteiger partial charge in [-0.3, -0.25) is 9.69 Å². The molecular formula is C18H20FN3O2. The minimum atomic E-state index is -0.312. The van der Waals surface area contributed by atoms with E-state index in [1.165, 1.54) is 18.3 Å². The predicted molar refractivity (Wildman–Crippen MR) is 86.9 cm³/mol. The number of benzene rings is 1. The van der Waals surface area contributed by atoms with E-state index in [9.17, 15) is 9.18 Å². The SMILES string of the molecule is CC1C(NC(=O)c2ncc(-c3ccc(F)cc3)o2)C2CCN1CC2. The number of halogens is 1. The van der Waals surface area contributed by atoms with Crippen molar-refractivity contribution in [2.24, 2.45) is 5.92 Å². The third-order valence-electron chi connectivity index (χ3n) is 5.30. The number of amides is 1. The van der Waals surface area contributed by atoms with Gasteiger partial charge in [-0.25, -0.2) is 9.37 Å². The highest BCUT2D eigenvalue weighted by molar-refractivity contribution is 5.90. The lowest BCUT2D eigenvalue weighted by Crippen LogP contribution is -2.62. The Hall–Kier alpha value is -2.21. The molecule has 1 N–H and O–H groups in total. The van der Waals surface area contributed by atoms with Crippen LogP contribution in [0.3, 0.4) is 0 Å². The van der Waals surface area contributed by atoms with E-state index in [4.69, 9.17) is 4.42 Å². The molecule has 126 valence electrons. The van der Waals surface area contributed by atoms with E-state index in [1.807, 2.05) is 0 Å². The molecule has 0 aliphatic carbocycles. The van der Waals surface area contributed by atoms with Gasteiger partial charge in [0.05, 0.1) is 6.20 Å². The number of fused-ring (bicyclic) bond motifs is 3. The largest absolute Gasteiger partial charge is 0.432 e. The molecule has 2 bridgehead atoms. The monoisotopic (exact) mass is 329 g/mol. The fraction of sp³-hybridized carbons (Fsp3) is 0.444. The zero-order chi connectivity index (χ0) is 16.7. The summed E-state index contributed by atoms with van der Waals surface area (Å²) in [6.07, 6.45) is 3.76. The molecule has 1 amide bonds. The van der Waals surface area contributed by atoms with Gasteiger partial charge in [0.2, 0.25) is 0 Å². The van der Waals surface area contributed by atoms with Gasteiger partial charge in [0.25, 0.3) is 5.89 Å². The third kappa shape index (κ3) is 2.71. The summed E-state index contributed by atoms with van der Waals surface area (Å²) in [6, 6.07) is 6.40. The van der Waals surface area contributed by atoms with E-state index in [0.717, 1.165) is 25.9 Å². The number of rotatable bonds is 3. The Bertz CT molecular complexity index is 733. The zero-order valence-electron chi connectivity index (χ0n) is 13.5. The number of aromatic nitrogens is 1. The van der Waals surface area contributed by atoms with Crippen molar-refractivity contribution < 1.29 is 13.6 Å². The van der Waals surface area contributed by atoms with E-state index in [2.05, 4.69) is 22.1 Å². The molecule has 0 radical (unpaired) electrons. The summed E-state index contributed by atoms with van der Waals surface area (Å²) in [5.74, 6) is 0.446. The number of nitrogens with one attached hydrogen (secondary N) is 1. The molecule has 2 unspecified atom stereocenters. The fourth-order valence-electron chi connectivity index (χ4n) is 3.89. The van der Waals surface area contributed by atoms with Crippen molar-refractivity contribution in [1.82, 2.24) is 15.2 Å². The lowest BCUT2D eigenvalue weighted by atomic mass is 9.79. The minimum absolute atomic E-state index is 0.0537. The van der Waals surface area contributed by atoms with Crippen LogP contribution in [0.1, 0.15) is 30.5 Å². The van der Waals surface area contributed by atoms with Gasteiger partial charge in [0, 0.05) is 17.6 Å². The van der Waals surface area contributed by atoms with Gasteiger partial charge in [-0.1, -0.05) is 0 Å². The Labute approximate surface area is 139 Å². The molecule has 5 nitrogen and oxygen atoms in total. The van der Waals surface area contributed by atoms with Crippen LogP contribution in [0.15, 0.2) is 34.9 Å². The maximum Gasteiger partial charge on any atom is 0.307 e. The number of hydrogen-bond donors (Lipinski definition) is 1. The van der Waals surface area contributed by atoms with Gasteiger partial charge >= 0.3 is 5.91 Å². The van der Waals surface area contributed by atoms with E-state index >= 15 is 0 Å². The van der Waals surface area contributed by atoms with E-state index in [0.29, 0.717) is 23.3 Å². The molecule has 4 heterocycles. The Balaban J connectivity index is 1.48. The number of carbonyl (C=O) groups is 1. The average Bonchev–Trinajstić information content (AvgIpc) is 3.09. The molecule has 0 saturated carbocycles. The van der Waals surface area contributed by atoms with Gasteiger partial charge in [-0.15, -0.1) is 0 Å². The molecule has 2 atom stereocenters. The molecular weight excluding hydrogens is 309 g/mol. The lowest BCUT2D eigenvalue weighted by molar-refractivity contribution is 0.0210. The van der Waals surface area contributed by atoms with E-state index < -0.39 is 0 Å². The summed E-state index contributed by atoms with van der Waals surface area (Å²) < 4.78 is 18.6. The van der Waals surface area contributed by atoms with E-state index in [-0.39, 0.29) is 23.7 Å². The Morgan fingerprint density at radius 3 is 2.67 bits per heavy atom. The standard InChI is InChI=1S/C18H20FN3O2/c1-11-16(13-6-8-22(11)9-7-13)21-17(23)18-20-10-15(24-18)12-2-4-14(19)5-3-12/h2-5,10-11,13,16H,6-9H2,1H3,(H,21,23). The highest BCUT2D eigenvalue weighted by Gasteiger charge is 2.40. The molecule has 5 rings (SSSR count). The molecule has 2 aromatic rings. The van der Waals surface area contributed by atoms with Gasteiger partial charge in [0.1, 0.15) is 5.82 Å². The van der Waals surface area contributed by atoms with Crippen LogP contribution in [0, 0.1) is 11.7 Å². The first-order valence-corrected chi connectivity index (χ1v) is 8.38. The summed E-state index contributed by atoms with van der Waals surface area (Å²) in [7, 11) is 0. The first kappa shape index (κ1) is 15.3. The number of piperidine rings is 3. The van der Waals surface area contributed by atoms with Crippen LogP contribution >= 0.6 is 0 Å². The summed E-state index contributed by atoms with van der Waals surface area (Å²) in [6.45, 7) is 4.40. The number of nitrogens with zero attached hydrogens (tertiary/aromatic N) is 2. The van der Waals surface area contributed by atoms with Crippen LogP contribution in [0.25, 0.3) is 11.3 Å². The van der Waals surface area contributed by atoms with Crippen LogP contribution in [0.4, 0.5) is 4.39 Å². The van der Waals surface area contributed by atoms with Crippen molar-refractivity contribution in [3.05, 3.63) is 42.2 Å². The second kappa shape index (κ2) is 6.02. The maximum atomic E-state index is 13.0. The normalized spacial score (nSPS) is 28.8. The van der Waals surface area contributed by atoms with Crippen molar-refractivity contribution in [2.75, 3.05) is 13.1 Å². The van der Waals surface area contributed by atoms with Crippen molar-refractivity contribution in [3.63, 3.8) is 0 Å². The molecule has 3 aliphatic rings. The lowest BCUT2D eigenvalue weighted by Gasteiger charge is -2.49. The molecule has 1 aromatic carbocycles. The van der Waals surface area contributed by atoms with Crippen LogP contribution < -0.4 is 5.32 Å². The number of oxazole rings is 1. The molecule has 6 heteroatoms. The first-order valence-electron chi connectivity index (χ1n) is 8.38. The van der Waals surface area contributed by atoms with Crippen LogP contribution in [0.5, 0.6) is 0 Å². The van der Waals surface area contributed by atoms with Crippen molar-refractivity contribution in [2.45, 2.75) is 31.8 Å². The first-order chi connectivity index (χ1) is 11.6. The number of hydrogen-bond acceptors (Lipinski definition) is 4. The van der Waals surface area contributed by atoms with Crippen molar-refractivity contribution >= 4 is 5.91 Å². The second-order valence-corrected chi connectivity index (χ2v) is 6.65. The Morgan fingerprint density at radius 2 is 2.00 bits per heavy atom. The van der Waals surface area contributed by atoms with E-state index in [1.54, 1.807) is 12.1 Å². The van der Waals surface area contributed by atoms with Crippen LogP contribution in [-0.4, -0.2) is 41.0 Å². The van der Waals surface area contributed by atoms with Crippen molar-refractivity contribution in [1.29, 1.82) is 0 Å². The van der Waals surface area contributed by atoms with Crippen molar-refractivity contribution in [3.8, 4) is 11.3 Å². The molecule has 3 fully saturated rings. The van der Waals surface area contributed by atoms with Crippen LogP contribution in [-0.2, 0) is 0 Å². The molecule has 3 saturated heterocycles. The molecule has 3 aliphatic heterocycles. The zero-order valence-corrected chi connectivity index (χ0v) is 13.5. The van der Waals surface area contributed by atoms with Gasteiger partial charge in [-0.05, 0) is 63.0 Å². The number of carbonyl (C=O) groups excluding carboxylic acids is 1. The summed E-state index contributed by atoms with van der Waals surface area (Å²) >= 11 is 0. The fourth-order valence-corrected chi connectivity index (χ4v) is 3.89. The maximum absolute atomic E-state index is 13.0. The quantitative estimate of drug-likeness (QED) is 0.941. The topological polar surface area (TPSA) is 58.4 Å². The van der Waals surface area contributed by atoms with Gasteiger partial charge in [0.15, 0.2) is 5.76 Å². The second-order valence-electron chi connectivity index (χ2n) is 6.65. The molecule has 1 aromatic heterocycles. The molecule has 24 heavy (non-hydrogen) atoms. The smallest absolute Gasteiger partial charge is 0.307 e. The summed E-state index contributed by atoms with van der Waals surface area (Å²) in [5.41, 5.74) is 0.694. The predicted octanol–water partition coefficient (Wildman–Crippen LogP) is 2.69. The highest BCUT2D eigenvalue weighted by atomic mass is 19.1.